The van der Waals surface area contributed by atoms with Crippen LogP contribution >= 0.6 is 15.9 Å². The monoisotopic (exact) mass is 284 g/mol. The van der Waals surface area contributed by atoms with E-state index in [-0.39, 0.29) is 12.4 Å². The number of aliphatic hydroxyl groups excluding tert-OH is 1. The molecule has 0 bridgehead atoms. The molecule has 1 aromatic carbocycles. The smallest absolute Gasteiger partial charge is 0.141 e. The van der Waals surface area contributed by atoms with Gasteiger partial charge in [0.15, 0.2) is 0 Å². The van der Waals surface area contributed by atoms with Gasteiger partial charge in [0.05, 0.1) is 12.3 Å². The van der Waals surface area contributed by atoms with Crippen LogP contribution in [-0.2, 0) is 13.7 Å². The predicted octanol–water partition coefficient (Wildman–Crippen LogP) is 2.48. The van der Waals surface area contributed by atoms with E-state index >= 15 is 0 Å². The van der Waals surface area contributed by atoms with Crippen LogP contribution in [0.4, 0.5) is 4.39 Å². The van der Waals surface area contributed by atoms with Crippen LogP contribution in [0.2, 0.25) is 0 Å². The lowest BCUT2D eigenvalue weighted by Gasteiger charge is -2.03. The predicted molar refractivity (Wildman–Crippen MR) is 62.2 cm³/mol. The van der Waals surface area contributed by atoms with Crippen LogP contribution in [0, 0.1) is 5.82 Å². The third-order valence-corrected chi connectivity index (χ3v) is 3.05. The number of imidazole rings is 1. The number of benzene rings is 1. The second kappa shape index (κ2) is 4.35. The molecule has 0 unspecified atom stereocenters. The van der Waals surface area contributed by atoms with Crippen molar-refractivity contribution in [3.8, 4) is 11.4 Å². The van der Waals surface area contributed by atoms with Gasteiger partial charge in [0.2, 0.25) is 0 Å². The molecule has 0 saturated heterocycles. The lowest BCUT2D eigenvalue weighted by molar-refractivity contribution is 0.272. The minimum absolute atomic E-state index is 0.0920. The summed E-state index contributed by atoms with van der Waals surface area (Å²) in [6, 6.07) is 6.09. The fraction of sp³-hybridized carbons (Fsp3) is 0.182. The first-order valence-electron chi connectivity index (χ1n) is 4.71. The number of aliphatic hydroxyl groups is 1. The minimum atomic E-state index is -0.278. The summed E-state index contributed by atoms with van der Waals surface area (Å²) in [5.41, 5.74) is 1.50. The van der Waals surface area contributed by atoms with Crippen molar-refractivity contribution in [2.24, 2.45) is 7.05 Å². The molecule has 0 radical (unpaired) electrons. The second-order valence-electron chi connectivity index (χ2n) is 3.40. The molecule has 0 saturated carbocycles. The van der Waals surface area contributed by atoms with Gasteiger partial charge in [0, 0.05) is 12.6 Å². The van der Waals surface area contributed by atoms with E-state index in [2.05, 4.69) is 20.9 Å². The third kappa shape index (κ3) is 1.88. The van der Waals surface area contributed by atoms with Crippen LogP contribution < -0.4 is 0 Å². The summed E-state index contributed by atoms with van der Waals surface area (Å²) in [5.74, 6) is 0.412. The van der Waals surface area contributed by atoms with E-state index in [1.165, 1.54) is 12.1 Å². The van der Waals surface area contributed by atoms with Gasteiger partial charge in [0.25, 0.3) is 0 Å². The van der Waals surface area contributed by atoms with Crippen LogP contribution in [0.3, 0.4) is 0 Å². The normalized spacial score (nSPS) is 10.8. The molecule has 2 rings (SSSR count). The molecule has 0 atom stereocenters. The number of hydrogen-bond donors (Lipinski definition) is 1. The first-order valence-corrected chi connectivity index (χ1v) is 5.50. The largest absolute Gasteiger partial charge is 0.390 e. The summed E-state index contributed by atoms with van der Waals surface area (Å²) in [6.45, 7) is -0.0920. The molecule has 5 heteroatoms. The quantitative estimate of drug-likeness (QED) is 0.920. The van der Waals surface area contributed by atoms with Crippen molar-refractivity contribution in [3.63, 3.8) is 0 Å². The highest BCUT2D eigenvalue weighted by molar-refractivity contribution is 9.10. The van der Waals surface area contributed by atoms with Gasteiger partial charge in [-0.05, 0) is 40.2 Å². The van der Waals surface area contributed by atoms with E-state index < -0.39 is 0 Å². The SMILES string of the molecule is Cn1c(-c2ccc(F)cc2)nc(Br)c1CO. The van der Waals surface area contributed by atoms with Gasteiger partial charge in [-0.15, -0.1) is 0 Å². The fourth-order valence-electron chi connectivity index (χ4n) is 1.53. The molecular weight excluding hydrogens is 275 g/mol. The van der Waals surface area contributed by atoms with Crippen molar-refractivity contribution < 1.29 is 9.50 Å². The molecule has 1 N–H and O–H groups in total. The summed E-state index contributed by atoms with van der Waals surface area (Å²) in [4.78, 5) is 4.28. The lowest BCUT2D eigenvalue weighted by Crippen LogP contribution is -1.98. The van der Waals surface area contributed by atoms with E-state index in [0.717, 1.165) is 5.56 Å². The average Bonchev–Trinajstić information content (AvgIpc) is 2.55. The van der Waals surface area contributed by atoms with Crippen molar-refractivity contribution >= 4 is 15.9 Å². The highest BCUT2D eigenvalue weighted by Gasteiger charge is 2.13. The molecule has 0 aliphatic rings. The maximum Gasteiger partial charge on any atom is 0.141 e. The minimum Gasteiger partial charge on any atom is -0.390 e. The Morgan fingerprint density at radius 1 is 1.38 bits per heavy atom. The summed E-state index contributed by atoms with van der Waals surface area (Å²) < 4.78 is 15.2. The van der Waals surface area contributed by atoms with E-state index in [4.69, 9.17) is 5.11 Å². The maximum absolute atomic E-state index is 12.8. The summed E-state index contributed by atoms with van der Waals surface area (Å²) in [6.07, 6.45) is 0. The highest BCUT2D eigenvalue weighted by Crippen LogP contribution is 2.24. The number of rotatable bonds is 2. The van der Waals surface area contributed by atoms with Gasteiger partial charge in [-0.2, -0.15) is 0 Å². The van der Waals surface area contributed by atoms with Gasteiger partial charge >= 0.3 is 0 Å². The number of hydrogen-bond acceptors (Lipinski definition) is 2. The molecule has 3 nitrogen and oxygen atoms in total. The molecule has 0 fully saturated rings. The molecular formula is C11H10BrFN2O. The van der Waals surface area contributed by atoms with Crippen molar-refractivity contribution in [2.75, 3.05) is 0 Å². The average molecular weight is 285 g/mol. The Kier molecular flexibility index (Phi) is 3.07. The summed E-state index contributed by atoms with van der Waals surface area (Å²) in [5, 5.41) is 9.15. The Bertz CT molecular complexity index is 507. The Morgan fingerprint density at radius 2 is 2.00 bits per heavy atom. The van der Waals surface area contributed by atoms with Crippen molar-refractivity contribution in [3.05, 3.63) is 40.4 Å². The van der Waals surface area contributed by atoms with Crippen molar-refractivity contribution in [1.29, 1.82) is 0 Å². The molecule has 0 aliphatic heterocycles. The molecule has 1 heterocycles. The van der Waals surface area contributed by atoms with E-state index in [0.29, 0.717) is 16.1 Å². The molecule has 1 aromatic heterocycles. The van der Waals surface area contributed by atoms with Gasteiger partial charge in [-0.3, -0.25) is 0 Å². The molecule has 0 amide bonds. The van der Waals surface area contributed by atoms with Crippen LogP contribution in [-0.4, -0.2) is 14.7 Å². The van der Waals surface area contributed by atoms with Crippen molar-refractivity contribution in [1.82, 2.24) is 9.55 Å². The topological polar surface area (TPSA) is 38.0 Å². The number of halogens is 2. The summed E-state index contributed by atoms with van der Waals surface area (Å²) in [7, 11) is 1.81. The van der Waals surface area contributed by atoms with Gasteiger partial charge in [-0.1, -0.05) is 0 Å². The van der Waals surface area contributed by atoms with E-state index in [1.807, 2.05) is 7.05 Å². The van der Waals surface area contributed by atoms with Crippen LogP contribution in [0.5, 0.6) is 0 Å². The van der Waals surface area contributed by atoms with Gasteiger partial charge in [0.1, 0.15) is 16.2 Å². The van der Waals surface area contributed by atoms with E-state index in [1.54, 1.807) is 16.7 Å². The Hall–Kier alpha value is -1.20. The molecule has 16 heavy (non-hydrogen) atoms. The lowest BCUT2D eigenvalue weighted by atomic mass is 10.2. The Morgan fingerprint density at radius 3 is 2.50 bits per heavy atom. The van der Waals surface area contributed by atoms with Crippen molar-refractivity contribution in [2.45, 2.75) is 6.61 Å². The number of aromatic nitrogens is 2. The van der Waals surface area contributed by atoms with E-state index in [9.17, 15) is 4.39 Å². The molecule has 84 valence electrons. The second-order valence-corrected chi connectivity index (χ2v) is 4.15. The van der Waals surface area contributed by atoms with Gasteiger partial charge in [-0.25, -0.2) is 9.37 Å². The zero-order chi connectivity index (χ0) is 11.7. The van der Waals surface area contributed by atoms with Crippen LogP contribution in [0.1, 0.15) is 5.69 Å². The van der Waals surface area contributed by atoms with Gasteiger partial charge < -0.3 is 9.67 Å². The zero-order valence-corrected chi connectivity index (χ0v) is 10.2. The summed E-state index contributed by atoms with van der Waals surface area (Å²) >= 11 is 3.27. The highest BCUT2D eigenvalue weighted by atomic mass is 79.9. The molecule has 0 aliphatic carbocycles. The molecule has 0 spiro atoms. The first-order chi connectivity index (χ1) is 7.63. The first kappa shape index (κ1) is 11.3. The maximum atomic E-state index is 12.8. The third-order valence-electron chi connectivity index (χ3n) is 2.42. The zero-order valence-electron chi connectivity index (χ0n) is 8.61. The number of nitrogens with zero attached hydrogens (tertiary/aromatic N) is 2. The standard InChI is InChI=1S/C11H10BrFN2O/c1-15-9(6-16)10(12)14-11(15)7-2-4-8(13)5-3-7/h2-5,16H,6H2,1H3. The fourth-order valence-corrected chi connectivity index (χ4v) is 2.09. The Labute approximate surface area is 101 Å². The molecule has 2 aromatic rings. The van der Waals surface area contributed by atoms with Crippen LogP contribution in [0.15, 0.2) is 28.9 Å². The Balaban J connectivity index is 2.52. The van der Waals surface area contributed by atoms with Crippen LogP contribution in [0.25, 0.3) is 11.4 Å².